The lowest BCUT2D eigenvalue weighted by molar-refractivity contribution is 0.471. The molecule has 0 atom stereocenters. The summed E-state index contributed by atoms with van der Waals surface area (Å²) < 4.78 is 15.1. The molecule has 0 aliphatic carbocycles. The Morgan fingerprint density at radius 2 is 1.76 bits per heavy atom. The molecule has 0 amide bonds. The smallest absolute Gasteiger partial charge is 0.194 e. The molecule has 1 N–H and O–H groups in total. The Balaban J connectivity index is 0.00000300. The van der Waals surface area contributed by atoms with Crippen LogP contribution in [0.2, 0.25) is 0 Å². The highest BCUT2D eigenvalue weighted by Crippen LogP contribution is 2.07. The minimum absolute atomic E-state index is 0. The van der Waals surface area contributed by atoms with Crippen LogP contribution in [0.5, 0.6) is 0 Å². The first-order chi connectivity index (χ1) is 13.5. The number of aryl methyl sites for hydroxylation is 1. The van der Waals surface area contributed by atoms with E-state index < -0.39 is 0 Å². The third-order valence-electron chi connectivity index (χ3n) is 4.54. The van der Waals surface area contributed by atoms with Crippen molar-refractivity contribution in [2.45, 2.75) is 26.6 Å². The van der Waals surface area contributed by atoms with Gasteiger partial charge >= 0.3 is 0 Å². The van der Waals surface area contributed by atoms with E-state index in [2.05, 4.69) is 15.5 Å². The van der Waals surface area contributed by atoms with E-state index in [4.69, 9.17) is 4.99 Å². The Hall–Kier alpha value is -2.49. The number of nitrogens with one attached hydrogen (secondary N) is 1. The van der Waals surface area contributed by atoms with Crippen molar-refractivity contribution in [1.82, 2.24) is 25.0 Å². The first kappa shape index (κ1) is 22.8. The maximum atomic E-state index is 13.2. The van der Waals surface area contributed by atoms with Crippen LogP contribution in [0.15, 0.2) is 59.6 Å². The zero-order valence-electron chi connectivity index (χ0n) is 16.8. The summed E-state index contributed by atoms with van der Waals surface area (Å²) in [6.07, 6.45) is 0. The van der Waals surface area contributed by atoms with E-state index in [9.17, 15) is 4.39 Å². The molecule has 2 aromatic carbocycles. The van der Waals surface area contributed by atoms with Crippen LogP contribution < -0.4 is 5.32 Å². The van der Waals surface area contributed by atoms with E-state index in [-0.39, 0.29) is 29.8 Å². The molecule has 0 aliphatic heterocycles. The highest BCUT2D eigenvalue weighted by molar-refractivity contribution is 14.0. The molecule has 6 nitrogen and oxygen atoms in total. The second kappa shape index (κ2) is 10.9. The molecule has 154 valence electrons. The SMILES string of the molecule is Cc1nnc(CNC(=NCc2ccccc2)N(C)Cc2ccc(F)cc2)n1C.I. The summed E-state index contributed by atoms with van der Waals surface area (Å²) >= 11 is 0. The van der Waals surface area contributed by atoms with Gasteiger partial charge in [-0.1, -0.05) is 42.5 Å². The zero-order chi connectivity index (χ0) is 19.9. The summed E-state index contributed by atoms with van der Waals surface area (Å²) in [5.41, 5.74) is 2.14. The lowest BCUT2D eigenvalue weighted by Gasteiger charge is -2.22. The number of guanidine groups is 1. The predicted octanol–water partition coefficient (Wildman–Crippen LogP) is 3.66. The highest BCUT2D eigenvalue weighted by atomic mass is 127. The Kier molecular flexibility index (Phi) is 8.56. The fraction of sp³-hybridized carbons (Fsp3) is 0.286. The van der Waals surface area contributed by atoms with Crippen molar-refractivity contribution >= 4 is 29.9 Å². The number of hydrogen-bond acceptors (Lipinski definition) is 3. The Bertz CT molecular complexity index is 924. The van der Waals surface area contributed by atoms with Gasteiger partial charge in [-0.2, -0.15) is 0 Å². The highest BCUT2D eigenvalue weighted by Gasteiger charge is 2.11. The van der Waals surface area contributed by atoms with E-state index in [1.54, 1.807) is 12.1 Å². The molecule has 1 heterocycles. The van der Waals surface area contributed by atoms with Crippen LogP contribution in [0.25, 0.3) is 0 Å². The van der Waals surface area contributed by atoms with Crippen molar-refractivity contribution in [3.63, 3.8) is 0 Å². The molecule has 0 fully saturated rings. The van der Waals surface area contributed by atoms with Crippen LogP contribution >= 0.6 is 24.0 Å². The molecule has 8 heteroatoms. The third-order valence-corrected chi connectivity index (χ3v) is 4.54. The molecule has 0 unspecified atom stereocenters. The summed E-state index contributed by atoms with van der Waals surface area (Å²) in [6.45, 7) is 3.60. The van der Waals surface area contributed by atoms with Crippen molar-refractivity contribution in [3.05, 3.63) is 83.2 Å². The Morgan fingerprint density at radius 1 is 1.07 bits per heavy atom. The lowest BCUT2D eigenvalue weighted by Crippen LogP contribution is -2.38. The molecular weight excluding hydrogens is 482 g/mol. The number of hydrogen-bond donors (Lipinski definition) is 1. The summed E-state index contributed by atoms with van der Waals surface area (Å²) in [4.78, 5) is 6.77. The summed E-state index contributed by atoms with van der Waals surface area (Å²) in [7, 11) is 3.90. The van der Waals surface area contributed by atoms with Gasteiger partial charge in [-0.25, -0.2) is 9.38 Å². The molecule has 0 aliphatic rings. The molecule has 0 saturated heterocycles. The second-order valence-corrected chi connectivity index (χ2v) is 6.68. The average molecular weight is 508 g/mol. The minimum Gasteiger partial charge on any atom is -0.349 e. The zero-order valence-corrected chi connectivity index (χ0v) is 19.2. The van der Waals surface area contributed by atoms with Crippen LogP contribution in [0.3, 0.4) is 0 Å². The van der Waals surface area contributed by atoms with E-state index in [1.165, 1.54) is 12.1 Å². The predicted molar refractivity (Wildman–Crippen MR) is 123 cm³/mol. The minimum atomic E-state index is -0.236. The topological polar surface area (TPSA) is 58.3 Å². The number of aliphatic imine (C=N–C) groups is 1. The van der Waals surface area contributed by atoms with Gasteiger partial charge in [0.2, 0.25) is 0 Å². The molecule has 0 spiro atoms. The standard InChI is InChI=1S/C21H25FN6.HI/c1-16-25-26-20(28(16)3)14-24-21(23-13-17-7-5-4-6-8-17)27(2)15-18-9-11-19(22)12-10-18;/h4-12H,13-15H2,1-3H3,(H,23,24);1H. The van der Waals surface area contributed by atoms with Gasteiger partial charge in [0, 0.05) is 20.6 Å². The Morgan fingerprint density at radius 3 is 2.38 bits per heavy atom. The van der Waals surface area contributed by atoms with Gasteiger partial charge in [-0.05, 0) is 30.2 Å². The van der Waals surface area contributed by atoms with Crippen molar-refractivity contribution < 1.29 is 4.39 Å². The van der Waals surface area contributed by atoms with Gasteiger partial charge in [0.15, 0.2) is 11.8 Å². The fourth-order valence-corrected chi connectivity index (χ4v) is 2.76. The van der Waals surface area contributed by atoms with Crippen molar-refractivity contribution in [1.29, 1.82) is 0 Å². The molecule has 3 rings (SSSR count). The molecule has 0 radical (unpaired) electrons. The summed E-state index contributed by atoms with van der Waals surface area (Å²) in [6, 6.07) is 16.6. The van der Waals surface area contributed by atoms with E-state index >= 15 is 0 Å². The van der Waals surface area contributed by atoms with Gasteiger partial charge in [-0.15, -0.1) is 34.2 Å². The second-order valence-electron chi connectivity index (χ2n) is 6.68. The monoisotopic (exact) mass is 508 g/mol. The molecule has 3 aromatic rings. The van der Waals surface area contributed by atoms with Gasteiger partial charge in [0.25, 0.3) is 0 Å². The maximum absolute atomic E-state index is 13.2. The van der Waals surface area contributed by atoms with E-state index in [0.29, 0.717) is 19.6 Å². The normalized spacial score (nSPS) is 11.1. The van der Waals surface area contributed by atoms with E-state index in [1.807, 2.05) is 60.8 Å². The summed E-state index contributed by atoms with van der Waals surface area (Å²) in [5, 5.41) is 11.7. The molecule has 0 saturated carbocycles. The largest absolute Gasteiger partial charge is 0.349 e. The first-order valence-corrected chi connectivity index (χ1v) is 9.15. The molecule has 0 bridgehead atoms. The van der Waals surface area contributed by atoms with Crippen LogP contribution in [-0.2, 0) is 26.7 Å². The average Bonchev–Trinajstić information content (AvgIpc) is 3.02. The maximum Gasteiger partial charge on any atom is 0.194 e. The lowest BCUT2D eigenvalue weighted by atomic mass is 10.2. The molecule has 29 heavy (non-hydrogen) atoms. The van der Waals surface area contributed by atoms with Crippen molar-refractivity contribution in [3.8, 4) is 0 Å². The van der Waals surface area contributed by atoms with Gasteiger partial charge in [0.1, 0.15) is 11.6 Å². The van der Waals surface area contributed by atoms with Crippen LogP contribution in [0, 0.1) is 12.7 Å². The van der Waals surface area contributed by atoms with E-state index in [0.717, 1.165) is 28.7 Å². The first-order valence-electron chi connectivity index (χ1n) is 9.15. The number of aromatic nitrogens is 3. The van der Waals surface area contributed by atoms with Crippen LogP contribution in [0.4, 0.5) is 4.39 Å². The van der Waals surface area contributed by atoms with Crippen molar-refractivity contribution in [2.75, 3.05) is 7.05 Å². The fourth-order valence-electron chi connectivity index (χ4n) is 2.76. The van der Waals surface area contributed by atoms with Crippen molar-refractivity contribution in [2.24, 2.45) is 12.0 Å². The quantitative estimate of drug-likeness (QED) is 0.314. The van der Waals surface area contributed by atoms with Crippen LogP contribution in [-0.4, -0.2) is 32.7 Å². The van der Waals surface area contributed by atoms with Gasteiger partial charge < -0.3 is 14.8 Å². The number of halogens is 2. The van der Waals surface area contributed by atoms with Gasteiger partial charge in [-0.3, -0.25) is 0 Å². The molecule has 1 aromatic heterocycles. The number of nitrogens with zero attached hydrogens (tertiary/aromatic N) is 5. The number of rotatable bonds is 6. The summed E-state index contributed by atoms with van der Waals surface area (Å²) in [5.74, 6) is 2.20. The molecular formula is C21H26FIN6. The Labute approximate surface area is 187 Å². The third kappa shape index (κ3) is 6.52. The van der Waals surface area contributed by atoms with Gasteiger partial charge in [0.05, 0.1) is 13.1 Å². The van der Waals surface area contributed by atoms with Crippen LogP contribution in [0.1, 0.15) is 22.8 Å². The number of benzene rings is 2.